The molecule has 6 heteroatoms. The number of aryl methyl sites for hydroxylation is 2. The molecular formula is C42H60F4O2. The molecule has 48 heavy (non-hydrogen) atoms. The monoisotopic (exact) mass is 672 g/mol. The summed E-state index contributed by atoms with van der Waals surface area (Å²) in [5.74, 6) is 11.0. The van der Waals surface area contributed by atoms with Crippen LogP contribution in [0.3, 0.4) is 0 Å². The minimum Gasteiger partial charge on any atom is -0.493 e. The van der Waals surface area contributed by atoms with Crippen molar-refractivity contribution < 1.29 is 27.0 Å². The number of unbranched alkanes of at least 4 members (excludes halogenated alkanes) is 11. The van der Waals surface area contributed by atoms with Gasteiger partial charge in [0.05, 0.1) is 6.61 Å². The van der Waals surface area contributed by atoms with E-state index < -0.39 is 13.0 Å². The molecule has 0 saturated carbocycles. The number of benzene rings is 2. The lowest BCUT2D eigenvalue weighted by Gasteiger charge is -2.26. The highest BCUT2D eigenvalue weighted by atomic mass is 19.3. The zero-order chi connectivity index (χ0) is 35.8. The van der Waals surface area contributed by atoms with E-state index >= 15 is 0 Å². The van der Waals surface area contributed by atoms with Gasteiger partial charge in [0.2, 0.25) is 6.43 Å². The molecule has 268 valence electrons. The predicted molar refractivity (Wildman–Crippen MR) is 193 cm³/mol. The first-order valence-corrected chi connectivity index (χ1v) is 17.9. The molecule has 2 nitrogen and oxygen atoms in total. The van der Waals surface area contributed by atoms with Gasteiger partial charge >= 0.3 is 6.61 Å². The summed E-state index contributed by atoms with van der Waals surface area (Å²) < 4.78 is 58.1. The van der Waals surface area contributed by atoms with Crippen molar-refractivity contribution in [2.75, 3.05) is 6.61 Å². The van der Waals surface area contributed by atoms with Crippen molar-refractivity contribution in [2.45, 2.75) is 151 Å². The van der Waals surface area contributed by atoms with Gasteiger partial charge in [-0.3, -0.25) is 0 Å². The Morgan fingerprint density at radius 2 is 1.21 bits per heavy atom. The van der Waals surface area contributed by atoms with Gasteiger partial charge in [-0.15, -0.1) is 6.42 Å². The van der Waals surface area contributed by atoms with E-state index in [0.29, 0.717) is 23.5 Å². The Labute approximate surface area is 289 Å². The molecule has 0 radical (unpaired) electrons. The Morgan fingerprint density at radius 3 is 1.75 bits per heavy atom. The summed E-state index contributed by atoms with van der Waals surface area (Å²) in [6, 6.07) is 10.9. The highest BCUT2D eigenvalue weighted by molar-refractivity contribution is 5.44. The van der Waals surface area contributed by atoms with E-state index in [1.165, 1.54) is 51.0 Å². The molecule has 0 spiro atoms. The molecule has 2 aromatic carbocycles. The fraction of sp³-hybridized carbons (Fsp3) is 0.619. The van der Waals surface area contributed by atoms with E-state index in [1.54, 1.807) is 19.1 Å². The van der Waals surface area contributed by atoms with Gasteiger partial charge in [-0.1, -0.05) is 116 Å². The van der Waals surface area contributed by atoms with Crippen molar-refractivity contribution in [1.82, 2.24) is 0 Å². The number of ether oxygens (including phenoxy) is 2. The minimum atomic E-state index is -2.80. The van der Waals surface area contributed by atoms with Crippen molar-refractivity contribution in [3.63, 3.8) is 0 Å². The van der Waals surface area contributed by atoms with Gasteiger partial charge in [0.1, 0.15) is 11.5 Å². The molecule has 0 heterocycles. The van der Waals surface area contributed by atoms with Crippen molar-refractivity contribution in [3.8, 4) is 35.7 Å². The minimum absolute atomic E-state index is 0.0495. The first-order chi connectivity index (χ1) is 22.9. The van der Waals surface area contributed by atoms with E-state index in [9.17, 15) is 17.6 Å². The largest absolute Gasteiger partial charge is 0.493 e. The quantitative estimate of drug-likeness (QED) is 0.0792. The smallest absolute Gasteiger partial charge is 0.387 e. The van der Waals surface area contributed by atoms with Crippen LogP contribution >= 0.6 is 0 Å². The normalized spacial score (nSPS) is 11.7. The second-order valence-electron chi connectivity index (χ2n) is 13.7. The van der Waals surface area contributed by atoms with Crippen LogP contribution in [-0.4, -0.2) is 19.6 Å². The fourth-order valence-electron chi connectivity index (χ4n) is 5.34. The van der Waals surface area contributed by atoms with E-state index in [2.05, 4.69) is 75.3 Å². The Hall–Kier alpha value is -3.12. The van der Waals surface area contributed by atoms with E-state index in [4.69, 9.17) is 11.2 Å². The summed E-state index contributed by atoms with van der Waals surface area (Å²) in [7, 11) is 0. The van der Waals surface area contributed by atoms with Gasteiger partial charge in [0.15, 0.2) is 0 Å². The number of alkyl halides is 4. The van der Waals surface area contributed by atoms with Crippen molar-refractivity contribution >= 4 is 0 Å². The van der Waals surface area contributed by atoms with E-state index in [-0.39, 0.29) is 17.6 Å². The maximum Gasteiger partial charge on any atom is 0.387 e. The van der Waals surface area contributed by atoms with Gasteiger partial charge in [-0.25, -0.2) is 8.78 Å². The maximum absolute atomic E-state index is 12.1. The van der Waals surface area contributed by atoms with Crippen LogP contribution in [0.4, 0.5) is 17.6 Å². The molecule has 0 amide bonds. The highest BCUT2D eigenvalue weighted by Crippen LogP contribution is 2.30. The molecular weight excluding hydrogens is 612 g/mol. The van der Waals surface area contributed by atoms with Gasteiger partial charge in [0.25, 0.3) is 0 Å². The number of hydrogen-bond acceptors (Lipinski definition) is 2. The first kappa shape index (κ1) is 42.9. The lowest BCUT2D eigenvalue weighted by Crippen LogP contribution is -2.18. The van der Waals surface area contributed by atoms with Crippen molar-refractivity contribution in [3.05, 3.63) is 58.7 Å². The summed E-state index contributed by atoms with van der Waals surface area (Å²) in [5, 5.41) is 0. The number of halogens is 4. The van der Waals surface area contributed by atoms with Crippen LogP contribution in [0.1, 0.15) is 146 Å². The molecule has 1 atom stereocenters. The van der Waals surface area contributed by atoms with Gasteiger partial charge in [0, 0.05) is 23.5 Å². The maximum atomic E-state index is 12.1. The van der Waals surface area contributed by atoms with E-state index in [1.807, 2.05) is 0 Å². The van der Waals surface area contributed by atoms with Gasteiger partial charge in [-0.05, 0) is 86.1 Å². The van der Waals surface area contributed by atoms with Crippen LogP contribution in [0, 0.1) is 49.4 Å². The summed E-state index contributed by atoms with van der Waals surface area (Å²) in [5.41, 5.74) is 3.66. The number of rotatable bonds is 20. The number of hydrogen-bond donors (Lipinski definition) is 0. The Morgan fingerprint density at radius 1 is 0.688 bits per heavy atom. The summed E-state index contributed by atoms with van der Waals surface area (Å²) in [4.78, 5) is 0. The van der Waals surface area contributed by atoms with Crippen LogP contribution in [0.25, 0.3) is 0 Å². The van der Waals surface area contributed by atoms with Crippen LogP contribution in [0.15, 0.2) is 36.4 Å². The topological polar surface area (TPSA) is 18.5 Å². The third-order valence-corrected chi connectivity index (χ3v) is 8.34. The molecule has 0 fully saturated rings. The molecule has 1 unspecified atom stereocenters. The third-order valence-electron chi connectivity index (χ3n) is 8.34. The molecule has 2 aromatic rings. The van der Waals surface area contributed by atoms with Crippen molar-refractivity contribution in [2.24, 2.45) is 11.3 Å². The van der Waals surface area contributed by atoms with Gasteiger partial charge in [-0.2, -0.15) is 8.78 Å². The lowest BCUT2D eigenvalue weighted by molar-refractivity contribution is -0.0503. The van der Waals surface area contributed by atoms with Crippen LogP contribution < -0.4 is 9.47 Å². The average molecular weight is 673 g/mol. The zero-order valence-electron chi connectivity index (χ0n) is 30.4. The SMILES string of the molecule is C#Cc1ccc(OC(F)F)c(C)c1.CCCCCCCCC(C#Cc1ccc(OCCCCCCCCCC(F)F)c(C)c1)C(C)(C)C. The van der Waals surface area contributed by atoms with Crippen LogP contribution in [-0.2, 0) is 0 Å². The lowest BCUT2D eigenvalue weighted by atomic mass is 9.78. The molecule has 0 N–H and O–H groups in total. The molecule has 0 aromatic heterocycles. The Bertz CT molecular complexity index is 1250. The summed E-state index contributed by atoms with van der Waals surface area (Å²) in [6.07, 6.45) is 19.2. The van der Waals surface area contributed by atoms with Gasteiger partial charge < -0.3 is 9.47 Å². The second kappa shape index (κ2) is 24.9. The Balaban J connectivity index is 0.000000735. The van der Waals surface area contributed by atoms with E-state index in [0.717, 1.165) is 62.0 Å². The molecule has 0 aliphatic rings. The third kappa shape index (κ3) is 20.3. The summed E-state index contributed by atoms with van der Waals surface area (Å²) >= 11 is 0. The fourth-order valence-corrected chi connectivity index (χ4v) is 5.34. The number of terminal acetylenes is 1. The first-order valence-electron chi connectivity index (χ1n) is 17.9. The summed E-state index contributed by atoms with van der Waals surface area (Å²) in [6.45, 7) is 10.9. The van der Waals surface area contributed by atoms with Crippen LogP contribution in [0.5, 0.6) is 11.5 Å². The molecule has 0 bridgehead atoms. The average Bonchev–Trinajstić information content (AvgIpc) is 3.02. The van der Waals surface area contributed by atoms with Crippen molar-refractivity contribution in [1.29, 1.82) is 0 Å². The van der Waals surface area contributed by atoms with Crippen LogP contribution in [0.2, 0.25) is 0 Å². The predicted octanol–water partition coefficient (Wildman–Crippen LogP) is 13.1. The molecule has 2 rings (SSSR count). The highest BCUT2D eigenvalue weighted by Gasteiger charge is 2.22. The standard InChI is InChI=1S/C32H52F2O.C10H8F2O/c1-6-7-8-9-13-16-19-29(32(3,4)5)23-21-28-22-24-30(27(2)26-28)35-25-18-15-12-10-11-14-17-20-31(33)34;1-3-8-4-5-9(7(2)6-8)13-10(11)12/h22,24,26,29,31H,6-20,25H2,1-5H3;1,4-6,10H,2H3. The molecule has 0 aliphatic carbocycles. The molecule has 0 saturated heterocycles. The zero-order valence-corrected chi connectivity index (χ0v) is 30.4. The second-order valence-corrected chi connectivity index (χ2v) is 13.7. The molecule has 0 aliphatic heterocycles. The Kier molecular flexibility index (Phi) is 22.3.